The lowest BCUT2D eigenvalue weighted by Gasteiger charge is -2.09. The van der Waals surface area contributed by atoms with Crippen LogP contribution in [0.15, 0.2) is 40.9 Å². The number of carbonyl (C=O) groups is 2. The van der Waals surface area contributed by atoms with Crippen LogP contribution in [0.4, 0.5) is 5.69 Å². The molecule has 1 amide bonds. The predicted molar refractivity (Wildman–Crippen MR) is 85.2 cm³/mol. The zero-order valence-electron chi connectivity index (χ0n) is 11.0. The Kier molecular flexibility index (Phi) is 4.65. The first-order chi connectivity index (χ1) is 9.88. The lowest BCUT2D eigenvalue weighted by Crippen LogP contribution is -2.13. The lowest BCUT2D eigenvalue weighted by atomic mass is 10.1. The molecule has 0 radical (unpaired) electrons. The molecule has 0 bridgehead atoms. The van der Waals surface area contributed by atoms with Gasteiger partial charge in [0.1, 0.15) is 0 Å². The fourth-order valence-electron chi connectivity index (χ4n) is 1.74. The Balaban J connectivity index is 2.25. The summed E-state index contributed by atoms with van der Waals surface area (Å²) in [5, 5.41) is 12.0. The van der Waals surface area contributed by atoms with E-state index in [4.69, 9.17) is 16.7 Å². The van der Waals surface area contributed by atoms with Crippen molar-refractivity contribution in [2.45, 2.75) is 6.92 Å². The highest BCUT2D eigenvalue weighted by molar-refractivity contribution is 9.10. The van der Waals surface area contributed by atoms with Crippen molar-refractivity contribution in [1.29, 1.82) is 0 Å². The molecule has 2 N–H and O–H groups in total. The van der Waals surface area contributed by atoms with Crippen molar-refractivity contribution in [1.82, 2.24) is 0 Å². The van der Waals surface area contributed by atoms with Gasteiger partial charge in [0.2, 0.25) is 0 Å². The topological polar surface area (TPSA) is 66.4 Å². The number of hydrogen-bond donors (Lipinski definition) is 2. The largest absolute Gasteiger partial charge is 0.478 e. The monoisotopic (exact) mass is 367 g/mol. The van der Waals surface area contributed by atoms with Crippen LogP contribution in [0.1, 0.15) is 26.3 Å². The Bertz CT molecular complexity index is 731. The van der Waals surface area contributed by atoms with Gasteiger partial charge in [-0.3, -0.25) is 4.79 Å². The number of halogens is 2. The maximum atomic E-state index is 12.2. The minimum atomic E-state index is -1.03. The maximum absolute atomic E-state index is 12.2. The molecule has 0 aromatic heterocycles. The third-order valence-electron chi connectivity index (χ3n) is 2.83. The van der Waals surface area contributed by atoms with E-state index in [-0.39, 0.29) is 11.5 Å². The SMILES string of the molecule is Cc1ccc(C(=O)Nc2ccc(C(=O)O)cc2Br)c(Cl)c1. The van der Waals surface area contributed by atoms with Crippen molar-refractivity contribution >= 4 is 45.1 Å². The van der Waals surface area contributed by atoms with Gasteiger partial charge >= 0.3 is 5.97 Å². The third-order valence-corrected chi connectivity index (χ3v) is 3.80. The summed E-state index contributed by atoms with van der Waals surface area (Å²) in [5.41, 5.74) is 1.93. The molecule has 0 saturated carbocycles. The maximum Gasteiger partial charge on any atom is 0.335 e. The van der Waals surface area contributed by atoms with Gasteiger partial charge in [0.15, 0.2) is 0 Å². The molecule has 4 nitrogen and oxygen atoms in total. The van der Waals surface area contributed by atoms with Crippen molar-refractivity contribution in [3.05, 3.63) is 62.6 Å². The summed E-state index contributed by atoms with van der Waals surface area (Å²) in [4.78, 5) is 23.0. The summed E-state index contributed by atoms with van der Waals surface area (Å²) < 4.78 is 0.485. The fraction of sp³-hybridized carbons (Fsp3) is 0.0667. The number of aromatic carboxylic acids is 1. The molecule has 0 aliphatic rings. The number of nitrogens with one attached hydrogen (secondary N) is 1. The smallest absolute Gasteiger partial charge is 0.335 e. The number of amides is 1. The van der Waals surface area contributed by atoms with E-state index in [1.807, 2.05) is 6.92 Å². The molecule has 0 fully saturated rings. The highest BCUT2D eigenvalue weighted by Gasteiger charge is 2.13. The van der Waals surface area contributed by atoms with E-state index in [2.05, 4.69) is 21.2 Å². The summed E-state index contributed by atoms with van der Waals surface area (Å²) in [7, 11) is 0. The molecule has 21 heavy (non-hydrogen) atoms. The van der Waals surface area contributed by atoms with E-state index < -0.39 is 5.97 Å². The molecular weight excluding hydrogens is 358 g/mol. The van der Waals surface area contributed by atoms with Crippen molar-refractivity contribution < 1.29 is 14.7 Å². The zero-order chi connectivity index (χ0) is 15.6. The van der Waals surface area contributed by atoms with Gasteiger partial charge in [-0.25, -0.2) is 4.79 Å². The number of rotatable bonds is 3. The van der Waals surface area contributed by atoms with Gasteiger partial charge in [0.25, 0.3) is 5.91 Å². The second-order valence-corrected chi connectivity index (χ2v) is 5.70. The normalized spacial score (nSPS) is 10.2. The molecule has 6 heteroatoms. The van der Waals surface area contributed by atoms with Gasteiger partial charge in [-0.2, -0.15) is 0 Å². The summed E-state index contributed by atoms with van der Waals surface area (Å²) in [6.45, 7) is 1.88. The highest BCUT2D eigenvalue weighted by Crippen LogP contribution is 2.25. The molecule has 2 aromatic rings. The van der Waals surface area contributed by atoms with Crippen LogP contribution in [0.3, 0.4) is 0 Å². The fourth-order valence-corrected chi connectivity index (χ4v) is 2.54. The van der Waals surface area contributed by atoms with Crippen LogP contribution in [0.5, 0.6) is 0 Å². The van der Waals surface area contributed by atoms with Crippen LogP contribution in [0, 0.1) is 6.92 Å². The highest BCUT2D eigenvalue weighted by atomic mass is 79.9. The number of carboxylic acids is 1. The molecule has 0 saturated heterocycles. The third kappa shape index (κ3) is 3.62. The second-order valence-electron chi connectivity index (χ2n) is 4.44. The van der Waals surface area contributed by atoms with Gasteiger partial charge in [-0.1, -0.05) is 17.7 Å². The van der Waals surface area contributed by atoms with Crippen molar-refractivity contribution in [2.75, 3.05) is 5.32 Å². The molecule has 0 atom stereocenters. The van der Waals surface area contributed by atoms with Gasteiger partial charge in [0.05, 0.1) is 21.8 Å². The molecule has 0 aliphatic carbocycles. The van der Waals surface area contributed by atoms with Crippen molar-refractivity contribution in [2.24, 2.45) is 0 Å². The quantitative estimate of drug-likeness (QED) is 0.846. The molecule has 2 rings (SSSR count). The molecule has 0 heterocycles. The number of hydrogen-bond acceptors (Lipinski definition) is 2. The molecule has 0 aliphatic heterocycles. The van der Waals surface area contributed by atoms with Crippen LogP contribution < -0.4 is 5.32 Å². The number of carboxylic acid groups (broad SMARTS) is 1. The Morgan fingerprint density at radius 2 is 1.90 bits per heavy atom. The van der Waals surface area contributed by atoms with Gasteiger partial charge in [0, 0.05) is 4.47 Å². The summed E-state index contributed by atoms with van der Waals surface area (Å²) in [6, 6.07) is 9.51. The van der Waals surface area contributed by atoms with E-state index in [0.29, 0.717) is 20.7 Å². The van der Waals surface area contributed by atoms with Crippen molar-refractivity contribution in [3.8, 4) is 0 Å². The average Bonchev–Trinajstić information content (AvgIpc) is 2.40. The van der Waals surface area contributed by atoms with Crippen molar-refractivity contribution in [3.63, 3.8) is 0 Å². The van der Waals surface area contributed by atoms with Crippen LogP contribution >= 0.6 is 27.5 Å². The van der Waals surface area contributed by atoms with Crippen LogP contribution in [-0.2, 0) is 0 Å². The van der Waals surface area contributed by atoms with E-state index in [9.17, 15) is 9.59 Å². The van der Waals surface area contributed by atoms with Crippen LogP contribution in [0.2, 0.25) is 5.02 Å². The average molecular weight is 369 g/mol. The lowest BCUT2D eigenvalue weighted by molar-refractivity contribution is 0.0696. The summed E-state index contributed by atoms with van der Waals surface area (Å²) >= 11 is 9.28. The Morgan fingerprint density at radius 1 is 1.19 bits per heavy atom. The van der Waals surface area contributed by atoms with E-state index >= 15 is 0 Å². The number of carbonyl (C=O) groups excluding carboxylic acids is 1. The molecule has 0 spiro atoms. The van der Waals surface area contributed by atoms with E-state index in [1.165, 1.54) is 18.2 Å². The minimum Gasteiger partial charge on any atom is -0.478 e. The molecule has 2 aromatic carbocycles. The predicted octanol–water partition coefficient (Wildman–Crippen LogP) is 4.36. The second kappa shape index (κ2) is 6.28. The number of aryl methyl sites for hydroxylation is 1. The Hall–Kier alpha value is -1.85. The summed E-state index contributed by atoms with van der Waals surface area (Å²) in [6.07, 6.45) is 0. The van der Waals surface area contributed by atoms with E-state index in [0.717, 1.165) is 5.56 Å². The van der Waals surface area contributed by atoms with Gasteiger partial charge < -0.3 is 10.4 Å². The molecule has 0 unspecified atom stereocenters. The first-order valence-electron chi connectivity index (χ1n) is 5.99. The minimum absolute atomic E-state index is 0.133. The molecule has 108 valence electrons. The number of benzene rings is 2. The number of anilines is 1. The first kappa shape index (κ1) is 15.5. The van der Waals surface area contributed by atoms with E-state index in [1.54, 1.807) is 18.2 Å². The first-order valence-corrected chi connectivity index (χ1v) is 7.16. The van der Waals surface area contributed by atoms with Gasteiger partial charge in [-0.15, -0.1) is 0 Å². The Labute approximate surface area is 134 Å². The molecular formula is C15H11BrClNO3. The van der Waals surface area contributed by atoms with Gasteiger partial charge in [-0.05, 0) is 58.7 Å². The Morgan fingerprint density at radius 3 is 2.48 bits per heavy atom. The van der Waals surface area contributed by atoms with Crippen LogP contribution in [-0.4, -0.2) is 17.0 Å². The van der Waals surface area contributed by atoms with Crippen LogP contribution in [0.25, 0.3) is 0 Å². The zero-order valence-corrected chi connectivity index (χ0v) is 13.3. The standard InChI is InChI=1S/C15H11BrClNO3/c1-8-2-4-10(12(17)6-8)14(19)18-13-5-3-9(15(20)21)7-11(13)16/h2-7H,1H3,(H,18,19)(H,20,21). The summed E-state index contributed by atoms with van der Waals surface area (Å²) in [5.74, 6) is -1.39.